The Labute approximate surface area is 94.9 Å². The third-order valence-electron chi connectivity index (χ3n) is 3.22. The largest absolute Gasteiger partial charge is 0.388 e. The Balaban J connectivity index is 2.05. The normalized spacial score (nSPS) is 18.7. The molecule has 1 saturated carbocycles. The monoisotopic (exact) mass is 224 g/mol. The highest BCUT2D eigenvalue weighted by Gasteiger charge is 2.32. The molecule has 0 bridgehead atoms. The minimum atomic E-state index is -0.603. The zero-order chi connectivity index (χ0) is 11.6. The number of aliphatic hydroxyl groups is 1. The second kappa shape index (κ2) is 4.37. The van der Waals surface area contributed by atoms with Crippen molar-refractivity contribution in [3.8, 4) is 0 Å². The summed E-state index contributed by atoms with van der Waals surface area (Å²) in [7, 11) is 1.87. The van der Waals surface area contributed by atoms with Crippen LogP contribution < -0.4 is 4.90 Å². The van der Waals surface area contributed by atoms with Gasteiger partial charge < -0.3 is 10.0 Å². The van der Waals surface area contributed by atoms with Crippen molar-refractivity contribution >= 4 is 5.69 Å². The maximum absolute atomic E-state index is 12.9. The third kappa shape index (κ3) is 2.50. The summed E-state index contributed by atoms with van der Waals surface area (Å²) in [6.07, 6.45) is 5.28. The topological polar surface area (TPSA) is 36.4 Å². The number of anilines is 1. The number of hydrogen-bond donors (Lipinski definition) is 1. The van der Waals surface area contributed by atoms with Crippen LogP contribution >= 0.6 is 0 Å². The van der Waals surface area contributed by atoms with Gasteiger partial charge in [0.1, 0.15) is 0 Å². The summed E-state index contributed by atoms with van der Waals surface area (Å²) in [5.74, 6) is -0.484. The molecule has 3 nitrogen and oxygen atoms in total. The van der Waals surface area contributed by atoms with Crippen LogP contribution in [0.1, 0.15) is 25.7 Å². The lowest BCUT2D eigenvalue weighted by atomic mass is 10.0. The molecule has 0 atom stereocenters. The summed E-state index contributed by atoms with van der Waals surface area (Å²) < 4.78 is 12.9. The first-order chi connectivity index (χ1) is 7.59. The summed E-state index contributed by atoms with van der Waals surface area (Å²) in [4.78, 5) is 5.40. The van der Waals surface area contributed by atoms with Crippen LogP contribution in [0.25, 0.3) is 0 Å². The Morgan fingerprint density at radius 2 is 2.19 bits per heavy atom. The van der Waals surface area contributed by atoms with E-state index < -0.39 is 11.5 Å². The standard InChI is InChI=1S/C12H17FN2O/c1-15(9-12(16)5-2-3-6-12)10-4-7-14-11(13)8-10/h4,7-8,16H,2-3,5-6,9H2,1H3. The molecule has 0 unspecified atom stereocenters. The van der Waals surface area contributed by atoms with Gasteiger partial charge in [0.15, 0.2) is 0 Å². The number of hydrogen-bond acceptors (Lipinski definition) is 3. The summed E-state index contributed by atoms with van der Waals surface area (Å²) >= 11 is 0. The molecule has 1 fully saturated rings. The van der Waals surface area contributed by atoms with Crippen LogP contribution in [0.2, 0.25) is 0 Å². The van der Waals surface area contributed by atoms with Crippen LogP contribution in [0.5, 0.6) is 0 Å². The van der Waals surface area contributed by atoms with Gasteiger partial charge in [0, 0.05) is 31.5 Å². The minimum Gasteiger partial charge on any atom is -0.388 e. The van der Waals surface area contributed by atoms with E-state index in [1.54, 1.807) is 6.07 Å². The lowest BCUT2D eigenvalue weighted by molar-refractivity contribution is 0.0559. The van der Waals surface area contributed by atoms with E-state index in [0.717, 1.165) is 31.4 Å². The molecule has 1 aromatic rings. The molecule has 16 heavy (non-hydrogen) atoms. The highest BCUT2D eigenvalue weighted by molar-refractivity contribution is 5.44. The first-order valence-electron chi connectivity index (χ1n) is 5.64. The Morgan fingerprint density at radius 3 is 2.81 bits per heavy atom. The van der Waals surface area contributed by atoms with Gasteiger partial charge in [-0.05, 0) is 18.9 Å². The fraction of sp³-hybridized carbons (Fsp3) is 0.583. The van der Waals surface area contributed by atoms with E-state index in [1.165, 1.54) is 12.3 Å². The highest BCUT2D eigenvalue weighted by Crippen LogP contribution is 2.31. The van der Waals surface area contributed by atoms with Crippen molar-refractivity contribution in [1.82, 2.24) is 4.98 Å². The molecular weight excluding hydrogens is 207 g/mol. The van der Waals surface area contributed by atoms with E-state index in [9.17, 15) is 9.50 Å². The van der Waals surface area contributed by atoms with Crippen LogP contribution in [-0.4, -0.2) is 29.3 Å². The van der Waals surface area contributed by atoms with Crippen LogP contribution in [0, 0.1) is 5.95 Å². The quantitative estimate of drug-likeness (QED) is 0.797. The van der Waals surface area contributed by atoms with Gasteiger partial charge in [-0.15, -0.1) is 0 Å². The SMILES string of the molecule is CN(CC1(O)CCCC1)c1ccnc(F)c1. The number of halogens is 1. The fourth-order valence-corrected chi connectivity index (χ4v) is 2.35. The fourth-order valence-electron chi connectivity index (χ4n) is 2.35. The molecule has 0 spiro atoms. The molecule has 4 heteroatoms. The Bertz CT molecular complexity index is 364. The molecule has 88 valence electrons. The number of aromatic nitrogens is 1. The van der Waals surface area contributed by atoms with E-state index in [0.29, 0.717) is 6.54 Å². The second-order valence-corrected chi connectivity index (χ2v) is 4.62. The van der Waals surface area contributed by atoms with Crippen molar-refractivity contribution in [3.63, 3.8) is 0 Å². The maximum atomic E-state index is 12.9. The van der Waals surface area contributed by atoms with E-state index in [1.807, 2.05) is 11.9 Å². The van der Waals surface area contributed by atoms with Crippen LogP contribution in [0.15, 0.2) is 18.3 Å². The van der Waals surface area contributed by atoms with Gasteiger partial charge >= 0.3 is 0 Å². The van der Waals surface area contributed by atoms with Crippen LogP contribution in [-0.2, 0) is 0 Å². The average molecular weight is 224 g/mol. The van der Waals surface area contributed by atoms with E-state index in [4.69, 9.17) is 0 Å². The van der Waals surface area contributed by atoms with Crippen molar-refractivity contribution in [2.45, 2.75) is 31.3 Å². The van der Waals surface area contributed by atoms with Crippen LogP contribution in [0.3, 0.4) is 0 Å². The van der Waals surface area contributed by atoms with Crippen molar-refractivity contribution in [2.75, 3.05) is 18.5 Å². The van der Waals surface area contributed by atoms with Gasteiger partial charge in [-0.3, -0.25) is 0 Å². The smallest absolute Gasteiger partial charge is 0.214 e. The second-order valence-electron chi connectivity index (χ2n) is 4.62. The Morgan fingerprint density at radius 1 is 1.50 bits per heavy atom. The zero-order valence-electron chi connectivity index (χ0n) is 9.49. The number of likely N-dealkylation sites (N-methyl/N-ethyl adjacent to an activating group) is 1. The van der Waals surface area contributed by atoms with Gasteiger partial charge in [0.2, 0.25) is 5.95 Å². The zero-order valence-corrected chi connectivity index (χ0v) is 9.49. The predicted octanol–water partition coefficient (Wildman–Crippen LogP) is 1.96. The van der Waals surface area contributed by atoms with Crippen molar-refractivity contribution in [3.05, 3.63) is 24.3 Å². The van der Waals surface area contributed by atoms with Crippen molar-refractivity contribution in [2.24, 2.45) is 0 Å². The number of pyridine rings is 1. The average Bonchev–Trinajstić information content (AvgIpc) is 2.65. The lowest BCUT2D eigenvalue weighted by Gasteiger charge is -2.29. The molecule has 1 aromatic heterocycles. The third-order valence-corrected chi connectivity index (χ3v) is 3.22. The molecule has 1 aliphatic carbocycles. The molecule has 2 rings (SSSR count). The number of nitrogens with zero attached hydrogens (tertiary/aromatic N) is 2. The Kier molecular flexibility index (Phi) is 3.10. The Hall–Kier alpha value is -1.16. The van der Waals surface area contributed by atoms with E-state index in [-0.39, 0.29) is 0 Å². The van der Waals surface area contributed by atoms with Gasteiger partial charge in [-0.25, -0.2) is 4.98 Å². The number of rotatable bonds is 3. The van der Waals surface area contributed by atoms with E-state index >= 15 is 0 Å². The molecule has 0 aromatic carbocycles. The molecular formula is C12H17FN2O. The molecule has 1 aliphatic rings. The summed E-state index contributed by atoms with van der Waals surface area (Å²) in [5.41, 5.74) is 0.155. The molecule has 1 heterocycles. The van der Waals surface area contributed by atoms with Gasteiger partial charge in [0.05, 0.1) is 5.60 Å². The summed E-state index contributed by atoms with van der Waals surface area (Å²) in [6.45, 7) is 0.552. The predicted molar refractivity (Wildman–Crippen MR) is 60.9 cm³/mol. The maximum Gasteiger partial charge on any atom is 0.214 e. The first-order valence-corrected chi connectivity index (χ1v) is 5.64. The molecule has 0 radical (unpaired) electrons. The van der Waals surface area contributed by atoms with Crippen molar-refractivity contribution < 1.29 is 9.50 Å². The molecule has 1 N–H and O–H groups in total. The first kappa shape index (κ1) is 11.3. The van der Waals surface area contributed by atoms with Crippen molar-refractivity contribution in [1.29, 1.82) is 0 Å². The lowest BCUT2D eigenvalue weighted by Crippen LogP contribution is -2.39. The minimum absolute atomic E-state index is 0.484. The molecule has 0 saturated heterocycles. The summed E-state index contributed by atoms with van der Waals surface area (Å²) in [5, 5.41) is 10.2. The van der Waals surface area contributed by atoms with Gasteiger partial charge in [0.25, 0.3) is 0 Å². The molecule has 0 amide bonds. The van der Waals surface area contributed by atoms with Gasteiger partial charge in [-0.1, -0.05) is 12.8 Å². The highest BCUT2D eigenvalue weighted by atomic mass is 19.1. The van der Waals surface area contributed by atoms with E-state index in [2.05, 4.69) is 4.98 Å². The molecule has 0 aliphatic heterocycles. The summed E-state index contributed by atoms with van der Waals surface area (Å²) in [6, 6.07) is 3.14. The van der Waals surface area contributed by atoms with Gasteiger partial charge in [-0.2, -0.15) is 4.39 Å². The van der Waals surface area contributed by atoms with Crippen LogP contribution in [0.4, 0.5) is 10.1 Å².